The van der Waals surface area contributed by atoms with Gasteiger partial charge in [-0.2, -0.15) is 0 Å². The zero-order valence-corrected chi connectivity index (χ0v) is 19.1. The normalized spacial score (nSPS) is 17.1. The molecule has 2 rings (SSSR count). The maximum absolute atomic E-state index is 12.2. The van der Waals surface area contributed by atoms with Crippen LogP contribution in [0.2, 0.25) is 0 Å². The molecule has 1 aliphatic rings. The largest absolute Gasteiger partial charge is 0.359 e. The van der Waals surface area contributed by atoms with E-state index in [4.69, 9.17) is 4.52 Å². The molecule has 8 nitrogen and oxygen atoms in total. The summed E-state index contributed by atoms with van der Waals surface area (Å²) in [5.41, 5.74) is 0.999. The van der Waals surface area contributed by atoms with Crippen molar-refractivity contribution in [1.82, 2.24) is 20.1 Å². The SMILES string of the molecule is CCCS(=O)(=O)N1CCC(NC(=NCc2cc(C(CC)CC)no2)NCC)CC1. The number of hydrogen-bond acceptors (Lipinski definition) is 5. The standard InChI is InChI=1S/C20H37N5O3S/c1-5-13-29(26,27)25-11-9-17(10-12-25)23-20(21-8-4)22-15-18-14-19(24-28-18)16(6-2)7-3/h14,16-17H,5-13,15H2,1-4H3,(H2,21,22,23). The summed E-state index contributed by atoms with van der Waals surface area (Å²) in [4.78, 5) is 4.63. The third-order valence-corrected chi connectivity index (χ3v) is 7.44. The average molecular weight is 428 g/mol. The highest BCUT2D eigenvalue weighted by molar-refractivity contribution is 7.89. The van der Waals surface area contributed by atoms with Gasteiger partial charge >= 0.3 is 0 Å². The first-order valence-corrected chi connectivity index (χ1v) is 12.5. The lowest BCUT2D eigenvalue weighted by Crippen LogP contribution is -2.50. The Bertz CT molecular complexity index is 735. The molecule has 0 spiro atoms. The summed E-state index contributed by atoms with van der Waals surface area (Å²) in [5.74, 6) is 2.13. The van der Waals surface area contributed by atoms with Gasteiger partial charge in [0.1, 0.15) is 6.54 Å². The molecule has 0 amide bonds. The Labute approximate surface area is 175 Å². The third kappa shape index (κ3) is 6.99. The first-order chi connectivity index (χ1) is 13.9. The Kier molecular flexibility index (Phi) is 9.42. The predicted molar refractivity (Wildman–Crippen MR) is 116 cm³/mol. The summed E-state index contributed by atoms with van der Waals surface area (Å²) in [6.45, 7) is 10.5. The minimum atomic E-state index is -3.11. The second-order valence-corrected chi connectivity index (χ2v) is 9.65. The summed E-state index contributed by atoms with van der Waals surface area (Å²) in [6, 6.07) is 2.21. The highest BCUT2D eigenvalue weighted by Crippen LogP contribution is 2.22. The Morgan fingerprint density at radius 1 is 1.28 bits per heavy atom. The first-order valence-electron chi connectivity index (χ1n) is 10.9. The molecule has 1 fully saturated rings. The molecule has 2 heterocycles. The maximum Gasteiger partial charge on any atom is 0.214 e. The number of nitrogens with zero attached hydrogens (tertiary/aromatic N) is 3. The number of aliphatic imine (C=N–C) groups is 1. The molecule has 0 radical (unpaired) electrons. The zero-order valence-electron chi connectivity index (χ0n) is 18.3. The average Bonchev–Trinajstić information content (AvgIpc) is 3.16. The Morgan fingerprint density at radius 3 is 2.55 bits per heavy atom. The van der Waals surface area contributed by atoms with Crippen molar-refractivity contribution in [1.29, 1.82) is 0 Å². The van der Waals surface area contributed by atoms with Crippen molar-refractivity contribution in [3.05, 3.63) is 17.5 Å². The van der Waals surface area contributed by atoms with E-state index < -0.39 is 10.0 Å². The van der Waals surface area contributed by atoms with Crippen molar-refractivity contribution < 1.29 is 12.9 Å². The molecule has 2 N–H and O–H groups in total. The molecule has 0 bridgehead atoms. The van der Waals surface area contributed by atoms with Crippen molar-refractivity contribution in [2.24, 2.45) is 4.99 Å². The molecule has 1 saturated heterocycles. The minimum absolute atomic E-state index is 0.204. The van der Waals surface area contributed by atoms with Gasteiger partial charge in [0, 0.05) is 37.7 Å². The molecule has 1 aliphatic heterocycles. The van der Waals surface area contributed by atoms with E-state index in [2.05, 4.69) is 34.6 Å². The van der Waals surface area contributed by atoms with E-state index in [1.165, 1.54) is 0 Å². The van der Waals surface area contributed by atoms with Gasteiger partial charge in [0.2, 0.25) is 10.0 Å². The van der Waals surface area contributed by atoms with E-state index >= 15 is 0 Å². The molecule has 0 aliphatic carbocycles. The van der Waals surface area contributed by atoms with Gasteiger partial charge in [-0.15, -0.1) is 0 Å². The van der Waals surface area contributed by atoms with E-state index in [1.807, 2.05) is 19.9 Å². The van der Waals surface area contributed by atoms with Gasteiger partial charge in [-0.25, -0.2) is 17.7 Å². The van der Waals surface area contributed by atoms with Crippen LogP contribution in [-0.2, 0) is 16.6 Å². The van der Waals surface area contributed by atoms with E-state index in [0.717, 1.165) is 49.6 Å². The van der Waals surface area contributed by atoms with Gasteiger partial charge < -0.3 is 15.2 Å². The van der Waals surface area contributed by atoms with Crippen LogP contribution in [0.15, 0.2) is 15.6 Å². The predicted octanol–water partition coefficient (Wildman–Crippen LogP) is 2.84. The summed E-state index contributed by atoms with van der Waals surface area (Å²) >= 11 is 0. The van der Waals surface area contributed by atoms with Crippen LogP contribution in [0.1, 0.15) is 77.2 Å². The number of hydrogen-bond donors (Lipinski definition) is 2. The Balaban J connectivity index is 1.92. The van der Waals surface area contributed by atoms with E-state index in [1.54, 1.807) is 4.31 Å². The highest BCUT2D eigenvalue weighted by atomic mass is 32.2. The fraction of sp³-hybridized carbons (Fsp3) is 0.800. The number of piperidine rings is 1. The highest BCUT2D eigenvalue weighted by Gasteiger charge is 2.27. The van der Waals surface area contributed by atoms with Crippen molar-refractivity contribution in [3.8, 4) is 0 Å². The third-order valence-electron chi connectivity index (χ3n) is 5.37. The molecule has 0 unspecified atom stereocenters. The summed E-state index contributed by atoms with van der Waals surface area (Å²) < 4.78 is 31.5. The summed E-state index contributed by atoms with van der Waals surface area (Å²) in [5, 5.41) is 10.9. The number of rotatable bonds is 10. The van der Waals surface area contributed by atoms with Crippen molar-refractivity contribution in [3.63, 3.8) is 0 Å². The fourth-order valence-corrected chi connectivity index (χ4v) is 5.18. The number of nitrogens with one attached hydrogen (secondary N) is 2. The zero-order chi connectivity index (χ0) is 21.3. The molecular formula is C20H37N5O3S. The monoisotopic (exact) mass is 427 g/mol. The number of aromatic nitrogens is 1. The molecule has 0 aromatic carbocycles. The van der Waals surface area contributed by atoms with Crippen LogP contribution in [0.3, 0.4) is 0 Å². The van der Waals surface area contributed by atoms with Crippen LogP contribution in [0.5, 0.6) is 0 Å². The lowest BCUT2D eigenvalue weighted by atomic mass is 9.99. The Hall–Kier alpha value is -1.61. The quantitative estimate of drug-likeness (QED) is 0.440. The van der Waals surface area contributed by atoms with Crippen molar-refractivity contribution >= 4 is 16.0 Å². The molecule has 166 valence electrons. The molecular weight excluding hydrogens is 390 g/mol. The summed E-state index contributed by atoms with van der Waals surface area (Å²) in [7, 11) is -3.11. The van der Waals surface area contributed by atoms with E-state index in [0.29, 0.717) is 32.0 Å². The van der Waals surface area contributed by atoms with Crippen molar-refractivity contribution in [2.45, 2.75) is 78.3 Å². The smallest absolute Gasteiger partial charge is 0.214 e. The van der Waals surface area contributed by atoms with Crippen LogP contribution >= 0.6 is 0 Å². The van der Waals surface area contributed by atoms with Gasteiger partial charge in [0.25, 0.3) is 0 Å². The van der Waals surface area contributed by atoms with Gasteiger partial charge in [-0.3, -0.25) is 0 Å². The van der Waals surface area contributed by atoms with Crippen LogP contribution in [-0.4, -0.2) is 55.3 Å². The molecule has 0 atom stereocenters. The molecule has 29 heavy (non-hydrogen) atoms. The van der Waals surface area contributed by atoms with Gasteiger partial charge in [-0.05, 0) is 39.0 Å². The minimum Gasteiger partial charge on any atom is -0.359 e. The van der Waals surface area contributed by atoms with Crippen LogP contribution < -0.4 is 10.6 Å². The van der Waals surface area contributed by atoms with Crippen molar-refractivity contribution in [2.75, 3.05) is 25.4 Å². The van der Waals surface area contributed by atoms with Crippen LogP contribution in [0.25, 0.3) is 0 Å². The van der Waals surface area contributed by atoms with E-state index in [9.17, 15) is 8.42 Å². The molecule has 9 heteroatoms. The number of sulfonamides is 1. The fourth-order valence-electron chi connectivity index (χ4n) is 3.64. The van der Waals surface area contributed by atoms with E-state index in [-0.39, 0.29) is 11.8 Å². The van der Waals surface area contributed by atoms with Gasteiger partial charge in [0.15, 0.2) is 11.7 Å². The number of guanidine groups is 1. The molecule has 0 saturated carbocycles. The Morgan fingerprint density at radius 2 is 1.97 bits per heavy atom. The topological polar surface area (TPSA) is 99.8 Å². The summed E-state index contributed by atoms with van der Waals surface area (Å²) in [6.07, 6.45) is 4.28. The van der Waals surface area contributed by atoms with Crippen LogP contribution in [0.4, 0.5) is 0 Å². The second-order valence-electron chi connectivity index (χ2n) is 7.56. The maximum atomic E-state index is 12.2. The van der Waals surface area contributed by atoms with Crippen LogP contribution in [0, 0.1) is 0 Å². The lowest BCUT2D eigenvalue weighted by molar-refractivity contribution is 0.306. The van der Waals surface area contributed by atoms with Gasteiger partial charge in [0.05, 0.1) is 11.4 Å². The molecule has 1 aromatic rings. The van der Waals surface area contributed by atoms with Gasteiger partial charge in [-0.1, -0.05) is 25.9 Å². The first kappa shape index (κ1) is 23.7. The lowest BCUT2D eigenvalue weighted by Gasteiger charge is -2.32. The molecule has 1 aromatic heterocycles. The second kappa shape index (κ2) is 11.5.